The molecule has 0 aliphatic heterocycles. The minimum absolute atomic E-state index is 0.0443. The molecular weight excluding hydrogens is 416 g/mol. The summed E-state index contributed by atoms with van der Waals surface area (Å²) in [5.41, 5.74) is 3.57. The number of halogens is 1. The van der Waals surface area contributed by atoms with E-state index in [9.17, 15) is 14.4 Å². The molecule has 3 rings (SSSR count). The van der Waals surface area contributed by atoms with E-state index in [-0.39, 0.29) is 44.5 Å². The number of rotatable bonds is 6. The van der Waals surface area contributed by atoms with Crippen LogP contribution in [0.15, 0.2) is 36.4 Å². The maximum Gasteiger partial charge on any atom is 0.350 e. The Morgan fingerprint density at radius 3 is 2.29 bits per heavy atom. The molecule has 5 nitrogen and oxygen atoms in total. The van der Waals surface area contributed by atoms with Gasteiger partial charge in [-0.25, -0.2) is 4.79 Å². The minimum Gasteiger partial charge on any atom is -0.463 e. The Morgan fingerprint density at radius 1 is 1.03 bits per heavy atom. The van der Waals surface area contributed by atoms with E-state index in [1.165, 1.54) is 0 Å². The highest BCUT2D eigenvalue weighted by atomic mass is 35.5. The van der Waals surface area contributed by atoms with Gasteiger partial charge in [-0.2, -0.15) is 0 Å². The van der Waals surface area contributed by atoms with E-state index in [1.54, 1.807) is 6.92 Å². The molecule has 0 spiro atoms. The quantitative estimate of drug-likeness (QED) is 0.578. The van der Waals surface area contributed by atoms with Crippen LogP contribution in [-0.2, 0) is 30.3 Å². The van der Waals surface area contributed by atoms with Gasteiger partial charge in [-0.3, -0.25) is 9.59 Å². The van der Waals surface area contributed by atoms with E-state index in [1.807, 2.05) is 50.2 Å². The normalized spacial score (nSPS) is 15.4. The van der Waals surface area contributed by atoms with Gasteiger partial charge in [-0.1, -0.05) is 35.9 Å². The van der Waals surface area contributed by atoms with Gasteiger partial charge in [0.1, 0.15) is 5.78 Å². The van der Waals surface area contributed by atoms with Gasteiger partial charge in [0.15, 0.2) is 0 Å². The first-order valence-electron chi connectivity index (χ1n) is 10.5. The lowest BCUT2D eigenvalue weighted by atomic mass is 9.83. The summed E-state index contributed by atoms with van der Waals surface area (Å²) in [5.74, 6) is -0.994. The van der Waals surface area contributed by atoms with Gasteiger partial charge < -0.3 is 9.47 Å². The summed E-state index contributed by atoms with van der Waals surface area (Å²) in [4.78, 5) is 37.0. The highest BCUT2D eigenvalue weighted by molar-refractivity contribution is 6.30. The number of benzene rings is 2. The van der Waals surface area contributed by atoms with E-state index >= 15 is 0 Å². The zero-order chi connectivity index (χ0) is 22.6. The van der Waals surface area contributed by atoms with Gasteiger partial charge >= 0.3 is 11.9 Å². The van der Waals surface area contributed by atoms with Crippen molar-refractivity contribution in [3.63, 3.8) is 0 Å². The largest absolute Gasteiger partial charge is 0.463 e. The molecule has 0 N–H and O–H groups in total. The summed E-state index contributed by atoms with van der Waals surface area (Å²) in [5, 5.41) is 0.678. The van der Waals surface area contributed by atoms with Crippen LogP contribution in [0.3, 0.4) is 0 Å². The number of carbonyl (C=O) groups excluding carboxylic acids is 3. The Labute approximate surface area is 187 Å². The molecule has 1 aliphatic rings. The molecule has 0 amide bonds. The lowest BCUT2D eigenvalue weighted by Gasteiger charge is -2.33. The third kappa shape index (κ3) is 5.34. The van der Waals surface area contributed by atoms with Crippen LogP contribution in [0.1, 0.15) is 49.3 Å². The lowest BCUT2D eigenvalue weighted by molar-refractivity contribution is -0.186. The molecule has 0 radical (unpaired) electrons. The molecule has 0 atom stereocenters. The van der Waals surface area contributed by atoms with Gasteiger partial charge in [0.05, 0.1) is 13.0 Å². The molecule has 0 aromatic heterocycles. The fraction of sp³-hybridized carbons (Fsp3) is 0.400. The summed E-state index contributed by atoms with van der Waals surface area (Å²) >= 11 is 5.99. The van der Waals surface area contributed by atoms with E-state index in [0.717, 1.165) is 27.8 Å². The van der Waals surface area contributed by atoms with E-state index in [0.29, 0.717) is 5.02 Å². The number of ketones is 1. The number of hydrogen-bond donors (Lipinski definition) is 0. The molecular formula is C25H27ClO5. The lowest BCUT2D eigenvalue weighted by Crippen LogP contribution is -2.47. The average Bonchev–Trinajstić information content (AvgIpc) is 2.73. The van der Waals surface area contributed by atoms with Crippen molar-refractivity contribution in [3.8, 4) is 11.1 Å². The summed E-state index contributed by atoms with van der Waals surface area (Å²) in [6, 6.07) is 11.6. The predicted octanol–water partition coefficient (Wildman–Crippen LogP) is 5.15. The van der Waals surface area contributed by atoms with Crippen LogP contribution in [0, 0.1) is 13.8 Å². The second-order valence-electron chi connectivity index (χ2n) is 8.00. The van der Waals surface area contributed by atoms with Crippen LogP contribution in [0.5, 0.6) is 0 Å². The van der Waals surface area contributed by atoms with Crippen molar-refractivity contribution in [2.24, 2.45) is 0 Å². The summed E-state index contributed by atoms with van der Waals surface area (Å²) in [7, 11) is 0. The molecule has 0 bridgehead atoms. The van der Waals surface area contributed by atoms with Crippen LogP contribution in [0.25, 0.3) is 11.1 Å². The van der Waals surface area contributed by atoms with Crippen LogP contribution < -0.4 is 0 Å². The smallest absolute Gasteiger partial charge is 0.350 e. The molecule has 0 unspecified atom stereocenters. The fourth-order valence-electron chi connectivity index (χ4n) is 3.96. The van der Waals surface area contributed by atoms with Crippen molar-refractivity contribution in [2.45, 2.75) is 58.5 Å². The Kier molecular flexibility index (Phi) is 7.16. The van der Waals surface area contributed by atoms with Crippen molar-refractivity contribution in [1.82, 2.24) is 0 Å². The zero-order valence-corrected chi connectivity index (χ0v) is 18.9. The number of aryl methyl sites for hydroxylation is 2. The van der Waals surface area contributed by atoms with Crippen LogP contribution in [0.4, 0.5) is 0 Å². The Balaban J connectivity index is 1.79. The third-order valence-electron chi connectivity index (χ3n) is 5.74. The fourth-order valence-corrected chi connectivity index (χ4v) is 4.09. The molecule has 2 aromatic rings. The predicted molar refractivity (Wildman–Crippen MR) is 119 cm³/mol. The number of esters is 2. The van der Waals surface area contributed by atoms with Crippen molar-refractivity contribution in [3.05, 3.63) is 58.1 Å². The topological polar surface area (TPSA) is 69.7 Å². The molecule has 31 heavy (non-hydrogen) atoms. The maximum absolute atomic E-state index is 12.8. The molecule has 164 valence electrons. The zero-order valence-electron chi connectivity index (χ0n) is 18.1. The number of hydrogen-bond acceptors (Lipinski definition) is 5. The highest BCUT2D eigenvalue weighted by Crippen LogP contribution is 2.33. The van der Waals surface area contributed by atoms with Crippen molar-refractivity contribution >= 4 is 29.3 Å². The number of carbonyl (C=O) groups is 3. The van der Waals surface area contributed by atoms with Gasteiger partial charge in [0.2, 0.25) is 5.60 Å². The summed E-state index contributed by atoms with van der Waals surface area (Å²) in [6.07, 6.45) is 0.802. The van der Waals surface area contributed by atoms with Crippen molar-refractivity contribution in [1.29, 1.82) is 0 Å². The molecule has 0 saturated heterocycles. The molecule has 1 saturated carbocycles. The first-order chi connectivity index (χ1) is 14.7. The first kappa shape index (κ1) is 23.0. The second kappa shape index (κ2) is 9.65. The molecule has 1 fully saturated rings. The third-order valence-corrected chi connectivity index (χ3v) is 6.00. The van der Waals surface area contributed by atoms with E-state index < -0.39 is 17.5 Å². The standard InChI is InChI=1S/C25H27ClO5/c1-4-30-24(29)25(11-9-21(27)10-12-25)31-23(28)15-19-13-17(3)22(14-16(19)2)18-5-7-20(26)8-6-18/h5-8,13-14H,4,9-12,15H2,1-3H3. The average molecular weight is 443 g/mol. The van der Waals surface area contributed by atoms with Crippen LogP contribution in [0.2, 0.25) is 5.02 Å². The number of Topliss-reactive ketones (excluding diaryl/α,β-unsaturated/α-hetero) is 1. The van der Waals surface area contributed by atoms with E-state index in [4.69, 9.17) is 21.1 Å². The van der Waals surface area contributed by atoms with Gasteiger partial charge in [-0.15, -0.1) is 0 Å². The maximum atomic E-state index is 12.8. The Hall–Kier alpha value is -2.66. The second-order valence-corrected chi connectivity index (χ2v) is 8.44. The molecule has 0 heterocycles. The molecule has 6 heteroatoms. The van der Waals surface area contributed by atoms with Crippen LogP contribution in [-0.4, -0.2) is 29.9 Å². The summed E-state index contributed by atoms with van der Waals surface area (Å²) < 4.78 is 10.8. The molecule has 2 aromatic carbocycles. The highest BCUT2D eigenvalue weighted by Gasteiger charge is 2.46. The Bertz CT molecular complexity index is 984. The SMILES string of the molecule is CCOC(=O)C1(OC(=O)Cc2cc(C)c(-c3ccc(Cl)cc3)cc2C)CCC(=O)CC1. The first-order valence-corrected chi connectivity index (χ1v) is 10.9. The van der Waals surface area contributed by atoms with Crippen molar-refractivity contribution < 1.29 is 23.9 Å². The monoisotopic (exact) mass is 442 g/mol. The van der Waals surface area contributed by atoms with E-state index in [2.05, 4.69) is 0 Å². The number of ether oxygens (including phenoxy) is 2. The minimum atomic E-state index is -1.37. The van der Waals surface area contributed by atoms with Crippen LogP contribution >= 0.6 is 11.6 Å². The summed E-state index contributed by atoms with van der Waals surface area (Å²) in [6.45, 7) is 5.83. The molecule has 1 aliphatic carbocycles. The van der Waals surface area contributed by atoms with Gasteiger partial charge in [-0.05, 0) is 60.7 Å². The van der Waals surface area contributed by atoms with Gasteiger partial charge in [0, 0.05) is 30.7 Å². The Morgan fingerprint density at radius 2 is 1.68 bits per heavy atom. The van der Waals surface area contributed by atoms with Gasteiger partial charge in [0.25, 0.3) is 0 Å². The van der Waals surface area contributed by atoms with Crippen molar-refractivity contribution in [2.75, 3.05) is 6.61 Å².